The minimum atomic E-state index is -0.620. The van der Waals surface area contributed by atoms with Crippen molar-refractivity contribution < 1.29 is 9.59 Å². The van der Waals surface area contributed by atoms with Crippen molar-refractivity contribution in [2.75, 3.05) is 11.4 Å². The zero-order valence-corrected chi connectivity index (χ0v) is 11.0. The summed E-state index contributed by atoms with van der Waals surface area (Å²) < 4.78 is -0.620. The van der Waals surface area contributed by atoms with E-state index in [1.807, 2.05) is 19.9 Å². The van der Waals surface area contributed by atoms with Crippen LogP contribution in [0.15, 0.2) is 23.1 Å². The lowest BCUT2D eigenvalue weighted by molar-refractivity contribution is -0.120. The van der Waals surface area contributed by atoms with E-state index in [4.69, 9.17) is 5.26 Å². The van der Waals surface area contributed by atoms with Gasteiger partial charge in [-0.1, -0.05) is 0 Å². The summed E-state index contributed by atoms with van der Waals surface area (Å²) in [5, 5.41) is 8.83. The van der Waals surface area contributed by atoms with E-state index in [0.717, 1.165) is 11.2 Å². The molecule has 0 spiro atoms. The Morgan fingerprint density at radius 1 is 1.50 bits per heavy atom. The summed E-state index contributed by atoms with van der Waals surface area (Å²) in [6.07, 6.45) is 0.777. The highest BCUT2D eigenvalue weighted by Crippen LogP contribution is 2.45. The largest absolute Gasteiger partial charge is 0.298 e. The third-order valence-corrected chi connectivity index (χ3v) is 4.00. The summed E-state index contributed by atoms with van der Waals surface area (Å²) in [5.74, 6) is -0.0830. The molecule has 92 valence electrons. The maximum absolute atomic E-state index is 12.2. The molecule has 1 aromatic carbocycles. The molecule has 0 unspecified atom stereocenters. The third kappa shape index (κ3) is 2.00. The van der Waals surface area contributed by atoms with Gasteiger partial charge in [-0.3, -0.25) is 14.5 Å². The number of nitriles is 1. The Hall–Kier alpha value is -1.80. The zero-order valence-electron chi connectivity index (χ0n) is 10.1. The van der Waals surface area contributed by atoms with Gasteiger partial charge in [0.25, 0.3) is 0 Å². The smallest absolute Gasteiger partial charge is 0.243 e. The Morgan fingerprint density at radius 2 is 2.22 bits per heavy atom. The molecule has 1 aromatic rings. The quantitative estimate of drug-likeness (QED) is 0.604. The molecule has 1 aliphatic heterocycles. The second kappa shape index (κ2) is 4.46. The van der Waals surface area contributed by atoms with Gasteiger partial charge in [0, 0.05) is 10.5 Å². The first-order valence-corrected chi connectivity index (χ1v) is 6.28. The van der Waals surface area contributed by atoms with E-state index in [1.54, 1.807) is 18.2 Å². The van der Waals surface area contributed by atoms with Gasteiger partial charge in [0.15, 0.2) is 0 Å². The number of anilines is 1. The highest BCUT2D eigenvalue weighted by Gasteiger charge is 2.39. The summed E-state index contributed by atoms with van der Waals surface area (Å²) in [6.45, 7) is 3.66. The monoisotopic (exact) mass is 260 g/mol. The van der Waals surface area contributed by atoms with Gasteiger partial charge in [0.2, 0.25) is 5.91 Å². The van der Waals surface area contributed by atoms with E-state index in [1.165, 1.54) is 16.7 Å². The van der Waals surface area contributed by atoms with Gasteiger partial charge in [0.1, 0.15) is 12.8 Å². The lowest BCUT2D eigenvalue weighted by Gasteiger charge is -2.36. The number of benzene rings is 1. The summed E-state index contributed by atoms with van der Waals surface area (Å²) >= 11 is 1.42. The predicted octanol–water partition coefficient (Wildman–Crippen LogP) is 2.24. The third-order valence-electron chi connectivity index (χ3n) is 2.76. The molecule has 4 nitrogen and oxygen atoms in total. The number of thioether (sulfide) groups is 1. The summed E-state index contributed by atoms with van der Waals surface area (Å²) in [5.41, 5.74) is 1.28. The van der Waals surface area contributed by atoms with Gasteiger partial charge in [-0.25, -0.2) is 0 Å². The maximum Gasteiger partial charge on any atom is 0.243 e. The lowest BCUT2D eigenvalue weighted by atomic mass is 10.1. The number of amides is 1. The van der Waals surface area contributed by atoms with Gasteiger partial charge in [-0.15, -0.1) is 11.8 Å². The van der Waals surface area contributed by atoms with E-state index in [2.05, 4.69) is 0 Å². The predicted molar refractivity (Wildman–Crippen MR) is 69.7 cm³/mol. The standard InChI is InChI=1S/C13H12N2O2S/c1-13(2)12(17)15(6-5-14)10-4-3-9(8-16)7-11(10)18-13/h3-4,7-8H,6H2,1-2H3. The van der Waals surface area contributed by atoms with Crippen LogP contribution in [-0.4, -0.2) is 23.5 Å². The van der Waals surface area contributed by atoms with Crippen LogP contribution in [0.3, 0.4) is 0 Å². The van der Waals surface area contributed by atoms with E-state index in [-0.39, 0.29) is 12.5 Å². The first-order chi connectivity index (χ1) is 8.49. The Bertz CT molecular complexity index is 561. The molecule has 5 heteroatoms. The molecule has 2 rings (SSSR count). The van der Waals surface area contributed by atoms with Crippen LogP contribution in [-0.2, 0) is 4.79 Å². The SMILES string of the molecule is CC1(C)Sc2cc(C=O)ccc2N(CC#N)C1=O. The summed E-state index contributed by atoms with van der Waals surface area (Å²) in [6, 6.07) is 7.13. The minimum absolute atomic E-state index is 0.0241. The molecule has 0 bridgehead atoms. The van der Waals surface area contributed by atoms with Crippen LogP contribution in [0.5, 0.6) is 0 Å². The van der Waals surface area contributed by atoms with Crippen molar-refractivity contribution in [2.24, 2.45) is 0 Å². The van der Waals surface area contributed by atoms with Gasteiger partial charge in [0.05, 0.1) is 16.5 Å². The van der Waals surface area contributed by atoms with Gasteiger partial charge >= 0.3 is 0 Å². The molecular formula is C13H12N2O2S. The molecule has 0 atom stereocenters. The second-order valence-corrected chi connectivity index (χ2v) is 6.17. The number of rotatable bonds is 2. The van der Waals surface area contributed by atoms with E-state index < -0.39 is 4.75 Å². The highest BCUT2D eigenvalue weighted by molar-refractivity contribution is 8.01. The molecule has 0 saturated heterocycles. The van der Waals surface area contributed by atoms with E-state index >= 15 is 0 Å². The average molecular weight is 260 g/mol. The van der Waals surface area contributed by atoms with Crippen LogP contribution < -0.4 is 4.90 Å². The van der Waals surface area contributed by atoms with Crippen molar-refractivity contribution in [2.45, 2.75) is 23.5 Å². The molecule has 1 aliphatic rings. The van der Waals surface area contributed by atoms with Crippen molar-refractivity contribution in [3.05, 3.63) is 23.8 Å². The zero-order chi connectivity index (χ0) is 13.3. The molecule has 0 aliphatic carbocycles. The van der Waals surface area contributed by atoms with Crippen molar-refractivity contribution in [3.8, 4) is 6.07 Å². The molecule has 1 heterocycles. The van der Waals surface area contributed by atoms with Gasteiger partial charge < -0.3 is 0 Å². The van der Waals surface area contributed by atoms with Gasteiger partial charge in [-0.2, -0.15) is 5.26 Å². The molecule has 0 aromatic heterocycles. The summed E-state index contributed by atoms with van der Waals surface area (Å²) in [7, 11) is 0. The molecule has 0 fully saturated rings. The first-order valence-electron chi connectivity index (χ1n) is 5.47. The van der Waals surface area contributed by atoms with Crippen LogP contribution in [0.25, 0.3) is 0 Å². The van der Waals surface area contributed by atoms with Gasteiger partial charge in [-0.05, 0) is 32.0 Å². The minimum Gasteiger partial charge on any atom is -0.298 e. The topological polar surface area (TPSA) is 61.2 Å². The van der Waals surface area contributed by atoms with Crippen molar-refractivity contribution >= 4 is 29.6 Å². The molecule has 0 radical (unpaired) electrons. The number of aldehydes is 1. The van der Waals surface area contributed by atoms with E-state index in [9.17, 15) is 9.59 Å². The number of carbonyl (C=O) groups is 2. The van der Waals surface area contributed by atoms with Crippen LogP contribution in [0.4, 0.5) is 5.69 Å². The Balaban J connectivity index is 2.55. The fourth-order valence-corrected chi connectivity index (χ4v) is 3.11. The maximum atomic E-state index is 12.2. The van der Waals surface area contributed by atoms with Crippen molar-refractivity contribution in [1.29, 1.82) is 5.26 Å². The summed E-state index contributed by atoms with van der Waals surface area (Å²) in [4.78, 5) is 25.4. The molecule has 0 N–H and O–H groups in total. The van der Waals surface area contributed by atoms with Crippen LogP contribution in [0.2, 0.25) is 0 Å². The molecule has 18 heavy (non-hydrogen) atoms. The Kier molecular flexibility index (Phi) is 3.14. The lowest BCUT2D eigenvalue weighted by Crippen LogP contribution is -2.46. The number of nitrogens with zero attached hydrogens (tertiary/aromatic N) is 2. The molecule has 0 saturated carbocycles. The Labute approximate surface area is 110 Å². The highest BCUT2D eigenvalue weighted by atomic mass is 32.2. The number of hydrogen-bond acceptors (Lipinski definition) is 4. The normalized spacial score (nSPS) is 16.9. The number of fused-ring (bicyclic) bond motifs is 1. The second-order valence-electron chi connectivity index (χ2n) is 4.51. The fourth-order valence-electron chi connectivity index (χ4n) is 1.89. The van der Waals surface area contributed by atoms with Crippen LogP contribution in [0, 0.1) is 11.3 Å². The first kappa shape index (κ1) is 12.7. The Morgan fingerprint density at radius 3 is 2.83 bits per heavy atom. The van der Waals surface area contributed by atoms with E-state index in [0.29, 0.717) is 11.3 Å². The fraction of sp³-hybridized carbons (Fsp3) is 0.308. The number of hydrogen-bond donors (Lipinski definition) is 0. The van der Waals surface area contributed by atoms with Crippen LogP contribution >= 0.6 is 11.8 Å². The molecular weight excluding hydrogens is 248 g/mol. The average Bonchev–Trinajstić information content (AvgIpc) is 2.34. The van der Waals surface area contributed by atoms with Crippen molar-refractivity contribution in [3.63, 3.8) is 0 Å². The van der Waals surface area contributed by atoms with Crippen molar-refractivity contribution in [1.82, 2.24) is 0 Å². The molecule has 1 amide bonds. The van der Waals surface area contributed by atoms with Crippen LogP contribution in [0.1, 0.15) is 24.2 Å². The number of carbonyl (C=O) groups excluding carboxylic acids is 2.